The first kappa shape index (κ1) is 17.9. The summed E-state index contributed by atoms with van der Waals surface area (Å²) >= 11 is 0. The van der Waals surface area contributed by atoms with E-state index in [1.165, 1.54) is 0 Å². The standard InChI is InChI=1S/C20H23N5O/c21-16-17-6-4-10-22-20(17)25-12-5-11-24(14-15-25)13-9-19(26)23-18-7-2-1-3-8-18/h1-4,6-8,10H,5,9,11-15H2,(H,23,26). The van der Waals surface area contributed by atoms with E-state index in [2.05, 4.69) is 26.2 Å². The molecule has 134 valence electrons. The van der Waals surface area contributed by atoms with Crippen molar-refractivity contribution in [1.29, 1.82) is 5.26 Å². The zero-order valence-electron chi connectivity index (χ0n) is 14.8. The SMILES string of the molecule is N#Cc1cccnc1N1CCCN(CCC(=O)Nc2ccccc2)CC1. The Hall–Kier alpha value is -2.91. The van der Waals surface area contributed by atoms with Gasteiger partial charge in [0.1, 0.15) is 11.9 Å². The van der Waals surface area contributed by atoms with Gasteiger partial charge in [-0.05, 0) is 37.2 Å². The van der Waals surface area contributed by atoms with Crippen LogP contribution in [0.25, 0.3) is 0 Å². The first-order valence-corrected chi connectivity index (χ1v) is 8.93. The largest absolute Gasteiger partial charge is 0.354 e. The van der Waals surface area contributed by atoms with E-state index in [9.17, 15) is 10.1 Å². The van der Waals surface area contributed by atoms with E-state index in [4.69, 9.17) is 0 Å². The number of benzene rings is 1. The van der Waals surface area contributed by atoms with Crippen molar-refractivity contribution >= 4 is 17.4 Å². The number of carbonyl (C=O) groups excluding carboxylic acids is 1. The van der Waals surface area contributed by atoms with Crippen LogP contribution in [0.1, 0.15) is 18.4 Å². The van der Waals surface area contributed by atoms with Crippen LogP contribution in [-0.4, -0.2) is 48.5 Å². The molecule has 0 bridgehead atoms. The third kappa shape index (κ3) is 4.80. The van der Waals surface area contributed by atoms with Crippen LogP contribution in [0, 0.1) is 11.3 Å². The summed E-state index contributed by atoms with van der Waals surface area (Å²) in [6.07, 6.45) is 3.19. The van der Waals surface area contributed by atoms with Crippen molar-refractivity contribution in [2.75, 3.05) is 42.9 Å². The molecule has 1 fully saturated rings. The van der Waals surface area contributed by atoms with Gasteiger partial charge in [-0.2, -0.15) is 5.26 Å². The first-order chi connectivity index (χ1) is 12.8. The number of amides is 1. The van der Waals surface area contributed by atoms with Gasteiger partial charge in [-0.3, -0.25) is 4.79 Å². The van der Waals surface area contributed by atoms with Crippen molar-refractivity contribution in [3.05, 3.63) is 54.2 Å². The molecule has 3 rings (SSSR count). The van der Waals surface area contributed by atoms with Gasteiger partial charge in [-0.15, -0.1) is 0 Å². The van der Waals surface area contributed by atoms with E-state index in [0.29, 0.717) is 12.0 Å². The Morgan fingerprint density at radius 1 is 1.12 bits per heavy atom. The van der Waals surface area contributed by atoms with Crippen LogP contribution in [-0.2, 0) is 4.79 Å². The van der Waals surface area contributed by atoms with Crippen LogP contribution in [0.5, 0.6) is 0 Å². The Bertz CT molecular complexity index is 771. The van der Waals surface area contributed by atoms with Gasteiger partial charge in [0.05, 0.1) is 5.56 Å². The van der Waals surface area contributed by atoms with Gasteiger partial charge >= 0.3 is 0 Å². The lowest BCUT2D eigenvalue weighted by Crippen LogP contribution is -2.33. The van der Waals surface area contributed by atoms with Crippen molar-refractivity contribution in [2.24, 2.45) is 0 Å². The van der Waals surface area contributed by atoms with E-state index in [0.717, 1.165) is 50.6 Å². The minimum atomic E-state index is 0.0359. The molecule has 1 aliphatic heterocycles. The normalized spacial score (nSPS) is 15.1. The molecule has 0 radical (unpaired) electrons. The Balaban J connectivity index is 1.49. The summed E-state index contributed by atoms with van der Waals surface area (Å²) in [6, 6.07) is 15.3. The molecule has 1 aromatic heterocycles. The van der Waals surface area contributed by atoms with E-state index < -0.39 is 0 Å². The van der Waals surface area contributed by atoms with Gasteiger partial charge in [0, 0.05) is 44.5 Å². The minimum Gasteiger partial charge on any atom is -0.354 e. The lowest BCUT2D eigenvalue weighted by Gasteiger charge is -2.23. The summed E-state index contributed by atoms with van der Waals surface area (Å²) in [5.41, 5.74) is 1.45. The number of nitriles is 1. The molecule has 1 N–H and O–H groups in total. The number of hydrogen-bond acceptors (Lipinski definition) is 5. The van der Waals surface area contributed by atoms with E-state index >= 15 is 0 Å². The average Bonchev–Trinajstić information content (AvgIpc) is 2.93. The van der Waals surface area contributed by atoms with Gasteiger partial charge in [0.2, 0.25) is 5.91 Å². The fraction of sp³-hybridized carbons (Fsp3) is 0.350. The molecule has 2 heterocycles. The van der Waals surface area contributed by atoms with Gasteiger partial charge in [-0.1, -0.05) is 18.2 Å². The fourth-order valence-electron chi connectivity index (χ4n) is 3.15. The molecule has 1 amide bonds. The molecule has 6 nitrogen and oxygen atoms in total. The fourth-order valence-corrected chi connectivity index (χ4v) is 3.15. The summed E-state index contributed by atoms with van der Waals surface area (Å²) in [7, 11) is 0. The van der Waals surface area contributed by atoms with E-state index in [1.807, 2.05) is 30.3 Å². The molecule has 0 unspecified atom stereocenters. The summed E-state index contributed by atoms with van der Waals surface area (Å²) in [5.74, 6) is 0.799. The summed E-state index contributed by atoms with van der Waals surface area (Å²) in [6.45, 7) is 4.23. The van der Waals surface area contributed by atoms with Crippen molar-refractivity contribution in [1.82, 2.24) is 9.88 Å². The van der Waals surface area contributed by atoms with Crippen molar-refractivity contribution in [3.8, 4) is 6.07 Å². The highest BCUT2D eigenvalue weighted by Crippen LogP contribution is 2.18. The van der Waals surface area contributed by atoms with Crippen LogP contribution < -0.4 is 10.2 Å². The molecule has 0 atom stereocenters. The lowest BCUT2D eigenvalue weighted by atomic mass is 10.2. The lowest BCUT2D eigenvalue weighted by molar-refractivity contribution is -0.116. The van der Waals surface area contributed by atoms with Crippen molar-refractivity contribution in [2.45, 2.75) is 12.8 Å². The van der Waals surface area contributed by atoms with Crippen molar-refractivity contribution in [3.63, 3.8) is 0 Å². The predicted octanol–water partition coefficient (Wildman–Crippen LogP) is 2.49. The Morgan fingerprint density at radius 3 is 2.77 bits per heavy atom. The number of carbonyl (C=O) groups is 1. The maximum absolute atomic E-state index is 12.1. The molecule has 0 spiro atoms. The Labute approximate surface area is 154 Å². The predicted molar refractivity (Wildman–Crippen MR) is 102 cm³/mol. The summed E-state index contributed by atoms with van der Waals surface area (Å²) in [5, 5.41) is 12.2. The van der Waals surface area contributed by atoms with Gasteiger partial charge < -0.3 is 15.1 Å². The summed E-state index contributed by atoms with van der Waals surface area (Å²) in [4.78, 5) is 21.0. The number of para-hydroxylation sites is 1. The van der Waals surface area contributed by atoms with Crippen molar-refractivity contribution < 1.29 is 4.79 Å². The Kier molecular flexibility index (Phi) is 6.18. The molecule has 1 saturated heterocycles. The monoisotopic (exact) mass is 349 g/mol. The van der Waals surface area contributed by atoms with Gasteiger partial charge in [-0.25, -0.2) is 4.98 Å². The van der Waals surface area contributed by atoms with Gasteiger partial charge in [0.25, 0.3) is 0 Å². The third-order valence-corrected chi connectivity index (χ3v) is 4.51. The average molecular weight is 349 g/mol. The number of aromatic nitrogens is 1. The van der Waals surface area contributed by atoms with Crippen LogP contribution in [0.4, 0.5) is 11.5 Å². The molecule has 6 heteroatoms. The maximum Gasteiger partial charge on any atom is 0.225 e. The molecule has 0 saturated carbocycles. The molecule has 1 aliphatic rings. The van der Waals surface area contributed by atoms with Crippen LogP contribution in [0.3, 0.4) is 0 Å². The second-order valence-electron chi connectivity index (χ2n) is 6.33. The zero-order valence-corrected chi connectivity index (χ0v) is 14.8. The van der Waals surface area contributed by atoms with Crippen LogP contribution >= 0.6 is 0 Å². The maximum atomic E-state index is 12.1. The first-order valence-electron chi connectivity index (χ1n) is 8.93. The summed E-state index contributed by atoms with van der Waals surface area (Å²) < 4.78 is 0. The Morgan fingerprint density at radius 2 is 1.96 bits per heavy atom. The third-order valence-electron chi connectivity index (χ3n) is 4.51. The van der Waals surface area contributed by atoms with E-state index in [-0.39, 0.29) is 5.91 Å². The molecule has 1 aromatic carbocycles. The minimum absolute atomic E-state index is 0.0359. The number of nitrogens with one attached hydrogen (secondary N) is 1. The highest BCUT2D eigenvalue weighted by molar-refractivity contribution is 5.90. The van der Waals surface area contributed by atoms with Crippen LogP contribution in [0.2, 0.25) is 0 Å². The van der Waals surface area contributed by atoms with E-state index in [1.54, 1.807) is 18.3 Å². The highest BCUT2D eigenvalue weighted by Gasteiger charge is 2.18. The quantitative estimate of drug-likeness (QED) is 0.898. The molecular weight excluding hydrogens is 326 g/mol. The zero-order chi connectivity index (χ0) is 18.2. The molecule has 26 heavy (non-hydrogen) atoms. The van der Waals surface area contributed by atoms with Crippen LogP contribution in [0.15, 0.2) is 48.7 Å². The molecule has 0 aliphatic carbocycles. The second kappa shape index (κ2) is 8.97. The number of nitrogens with zero attached hydrogens (tertiary/aromatic N) is 4. The highest BCUT2D eigenvalue weighted by atomic mass is 16.1. The van der Waals surface area contributed by atoms with Gasteiger partial charge in [0.15, 0.2) is 0 Å². The number of hydrogen-bond donors (Lipinski definition) is 1. The number of rotatable bonds is 5. The topological polar surface area (TPSA) is 72.3 Å². The second-order valence-corrected chi connectivity index (χ2v) is 6.33. The molecule has 2 aromatic rings. The number of anilines is 2. The smallest absolute Gasteiger partial charge is 0.225 e. The molecular formula is C20H23N5O. The number of pyridine rings is 1.